The van der Waals surface area contributed by atoms with Crippen molar-refractivity contribution in [2.75, 3.05) is 25.1 Å². The second-order valence-electron chi connectivity index (χ2n) is 7.99. The summed E-state index contributed by atoms with van der Waals surface area (Å²) in [7, 11) is 1.64. The van der Waals surface area contributed by atoms with E-state index >= 15 is 0 Å². The van der Waals surface area contributed by atoms with Crippen LogP contribution in [0.25, 0.3) is 10.2 Å². The third-order valence-corrected chi connectivity index (χ3v) is 7.38. The van der Waals surface area contributed by atoms with E-state index in [4.69, 9.17) is 14.7 Å². The summed E-state index contributed by atoms with van der Waals surface area (Å²) in [5.41, 5.74) is 2.25. The molecule has 0 amide bonds. The first-order valence-corrected chi connectivity index (χ1v) is 11.2. The van der Waals surface area contributed by atoms with Crippen LogP contribution in [0.3, 0.4) is 0 Å². The number of hydrogen-bond acceptors (Lipinski definition) is 6. The summed E-state index contributed by atoms with van der Waals surface area (Å²) >= 11 is 1.84. The van der Waals surface area contributed by atoms with Gasteiger partial charge in [0.25, 0.3) is 0 Å². The Morgan fingerprint density at radius 1 is 1.14 bits per heavy atom. The predicted molar refractivity (Wildman–Crippen MR) is 116 cm³/mol. The maximum absolute atomic E-state index is 12.9. The Balaban J connectivity index is 1.36. The van der Waals surface area contributed by atoms with Crippen LogP contribution in [0.4, 0.5) is 5.82 Å². The largest absolute Gasteiger partial charge is 0.497 e. The standard InChI is InChI=1S/C23H25N3O2S/c1-14-24-22(20-18-4-3-5-19(18)29-23(20)25-14)26-12-10-16(11-13-26)21(27)15-6-8-17(28-2)9-7-15/h6-9,16H,3-5,10-13H2,1-2H3. The number of carbonyl (C=O) groups is 1. The predicted octanol–water partition coefficient (Wildman–Crippen LogP) is 4.60. The van der Waals surface area contributed by atoms with Crippen molar-refractivity contribution < 1.29 is 9.53 Å². The van der Waals surface area contributed by atoms with Crippen LogP contribution in [0.15, 0.2) is 24.3 Å². The summed E-state index contributed by atoms with van der Waals surface area (Å²) < 4.78 is 5.20. The topological polar surface area (TPSA) is 55.3 Å². The molecular formula is C23H25N3O2S. The van der Waals surface area contributed by atoms with Gasteiger partial charge in [-0.2, -0.15) is 0 Å². The lowest BCUT2D eigenvalue weighted by atomic mass is 9.88. The molecule has 0 N–H and O–H groups in total. The Hall–Kier alpha value is -2.47. The Morgan fingerprint density at radius 2 is 1.90 bits per heavy atom. The minimum atomic E-state index is 0.0752. The molecule has 1 aromatic carbocycles. The van der Waals surface area contributed by atoms with Gasteiger partial charge in [-0.3, -0.25) is 4.79 Å². The van der Waals surface area contributed by atoms with Gasteiger partial charge in [0.1, 0.15) is 22.2 Å². The van der Waals surface area contributed by atoms with Gasteiger partial charge < -0.3 is 9.64 Å². The Morgan fingerprint density at radius 3 is 2.62 bits per heavy atom. The van der Waals surface area contributed by atoms with Crippen LogP contribution >= 0.6 is 11.3 Å². The van der Waals surface area contributed by atoms with Crippen molar-refractivity contribution in [2.45, 2.75) is 39.0 Å². The highest BCUT2D eigenvalue weighted by molar-refractivity contribution is 7.19. The molecule has 1 aliphatic heterocycles. The van der Waals surface area contributed by atoms with E-state index in [1.807, 2.05) is 42.5 Å². The second-order valence-corrected chi connectivity index (χ2v) is 9.07. The second kappa shape index (κ2) is 7.41. The van der Waals surface area contributed by atoms with Gasteiger partial charge >= 0.3 is 0 Å². The maximum atomic E-state index is 12.9. The Labute approximate surface area is 174 Å². The molecule has 6 heteroatoms. The molecular weight excluding hydrogens is 382 g/mol. The minimum absolute atomic E-state index is 0.0752. The normalized spacial score (nSPS) is 17.0. The van der Waals surface area contributed by atoms with E-state index in [0.29, 0.717) is 0 Å². The fourth-order valence-electron chi connectivity index (χ4n) is 4.65. The number of fused-ring (bicyclic) bond motifs is 3. The zero-order chi connectivity index (χ0) is 20.0. The molecule has 5 rings (SSSR count). The van der Waals surface area contributed by atoms with Crippen LogP contribution < -0.4 is 9.64 Å². The van der Waals surface area contributed by atoms with Crippen molar-refractivity contribution in [3.05, 3.63) is 46.1 Å². The third-order valence-electron chi connectivity index (χ3n) is 6.20. The van der Waals surface area contributed by atoms with Gasteiger partial charge in [-0.05, 0) is 68.9 Å². The summed E-state index contributed by atoms with van der Waals surface area (Å²) in [6.45, 7) is 3.71. The average Bonchev–Trinajstić information content (AvgIpc) is 3.34. The van der Waals surface area contributed by atoms with Crippen molar-refractivity contribution in [2.24, 2.45) is 5.92 Å². The highest BCUT2D eigenvalue weighted by Crippen LogP contribution is 2.41. The van der Waals surface area contributed by atoms with Gasteiger partial charge in [0.2, 0.25) is 0 Å². The maximum Gasteiger partial charge on any atom is 0.166 e. The van der Waals surface area contributed by atoms with Crippen molar-refractivity contribution in [1.29, 1.82) is 0 Å². The quantitative estimate of drug-likeness (QED) is 0.592. The number of aromatic nitrogens is 2. The summed E-state index contributed by atoms with van der Waals surface area (Å²) in [5.74, 6) is 3.02. The zero-order valence-electron chi connectivity index (χ0n) is 16.9. The smallest absolute Gasteiger partial charge is 0.166 e. The fourth-order valence-corrected chi connectivity index (χ4v) is 5.96. The number of piperidine rings is 1. The number of ketones is 1. The van der Waals surface area contributed by atoms with Gasteiger partial charge in [0, 0.05) is 29.4 Å². The molecule has 0 bridgehead atoms. The summed E-state index contributed by atoms with van der Waals surface area (Å²) in [6.07, 6.45) is 5.28. The number of Topliss-reactive ketones (excluding diaryl/α,β-unsaturated/α-hetero) is 1. The van der Waals surface area contributed by atoms with E-state index < -0.39 is 0 Å². The SMILES string of the molecule is COc1ccc(C(=O)C2CCN(c3nc(C)nc4sc5c(c34)CCC5)CC2)cc1. The Bertz CT molecular complexity index is 1070. The molecule has 1 saturated heterocycles. The van der Waals surface area contributed by atoms with Gasteiger partial charge in [0.05, 0.1) is 12.5 Å². The number of thiophene rings is 1. The van der Waals surface area contributed by atoms with E-state index in [2.05, 4.69) is 4.90 Å². The van der Waals surface area contributed by atoms with Gasteiger partial charge in [0.15, 0.2) is 5.78 Å². The zero-order valence-corrected chi connectivity index (χ0v) is 17.7. The number of anilines is 1. The van der Waals surface area contributed by atoms with Crippen LogP contribution in [0.1, 0.15) is 45.9 Å². The van der Waals surface area contributed by atoms with Crippen molar-refractivity contribution in [3.8, 4) is 5.75 Å². The van der Waals surface area contributed by atoms with Crippen molar-refractivity contribution >= 4 is 33.2 Å². The molecule has 2 aliphatic rings. The van der Waals surface area contributed by atoms with Crippen LogP contribution in [0.2, 0.25) is 0 Å². The first-order valence-electron chi connectivity index (χ1n) is 10.4. The third kappa shape index (κ3) is 3.29. The molecule has 1 aliphatic carbocycles. The van der Waals surface area contributed by atoms with E-state index in [1.54, 1.807) is 7.11 Å². The number of methoxy groups -OCH3 is 1. The number of aryl methyl sites for hydroxylation is 3. The van der Waals surface area contributed by atoms with Gasteiger partial charge in [-0.15, -0.1) is 11.3 Å². The average molecular weight is 408 g/mol. The van der Waals surface area contributed by atoms with E-state index in [9.17, 15) is 4.79 Å². The molecule has 0 spiro atoms. The molecule has 0 saturated carbocycles. The number of hydrogen-bond donors (Lipinski definition) is 0. The Kier molecular flexibility index (Phi) is 4.74. The van der Waals surface area contributed by atoms with E-state index in [-0.39, 0.29) is 11.7 Å². The molecule has 1 fully saturated rings. The molecule has 150 valence electrons. The van der Waals surface area contributed by atoms with E-state index in [0.717, 1.165) is 60.1 Å². The molecule has 3 aromatic rings. The fraction of sp³-hybridized carbons (Fsp3) is 0.435. The monoisotopic (exact) mass is 407 g/mol. The van der Waals surface area contributed by atoms with E-state index in [1.165, 1.54) is 28.7 Å². The number of ether oxygens (including phenoxy) is 1. The first-order chi connectivity index (χ1) is 14.1. The number of nitrogens with zero attached hydrogens (tertiary/aromatic N) is 3. The molecule has 0 unspecified atom stereocenters. The lowest BCUT2D eigenvalue weighted by Crippen LogP contribution is -2.37. The van der Waals surface area contributed by atoms with Crippen LogP contribution in [0.5, 0.6) is 5.75 Å². The van der Waals surface area contributed by atoms with Crippen LogP contribution in [-0.4, -0.2) is 36.0 Å². The minimum Gasteiger partial charge on any atom is -0.497 e. The van der Waals surface area contributed by atoms with Crippen molar-refractivity contribution in [3.63, 3.8) is 0 Å². The lowest BCUT2D eigenvalue weighted by Gasteiger charge is -2.32. The number of rotatable bonds is 4. The van der Waals surface area contributed by atoms with Crippen LogP contribution in [-0.2, 0) is 12.8 Å². The molecule has 29 heavy (non-hydrogen) atoms. The highest BCUT2D eigenvalue weighted by atomic mass is 32.1. The van der Waals surface area contributed by atoms with Crippen molar-refractivity contribution in [1.82, 2.24) is 9.97 Å². The van der Waals surface area contributed by atoms with Crippen LogP contribution in [0, 0.1) is 12.8 Å². The summed E-state index contributed by atoms with van der Waals surface area (Å²) in [4.78, 5) is 27.5. The number of benzene rings is 1. The van der Waals surface area contributed by atoms with Gasteiger partial charge in [-0.1, -0.05) is 0 Å². The number of carbonyl (C=O) groups excluding carboxylic acids is 1. The molecule has 2 aromatic heterocycles. The van der Waals surface area contributed by atoms with Gasteiger partial charge in [-0.25, -0.2) is 9.97 Å². The molecule has 5 nitrogen and oxygen atoms in total. The highest BCUT2D eigenvalue weighted by Gasteiger charge is 2.29. The summed E-state index contributed by atoms with van der Waals surface area (Å²) in [6, 6.07) is 7.47. The summed E-state index contributed by atoms with van der Waals surface area (Å²) in [5, 5.41) is 1.27. The lowest BCUT2D eigenvalue weighted by molar-refractivity contribution is 0.0900. The molecule has 0 radical (unpaired) electrons. The molecule has 0 atom stereocenters. The molecule has 3 heterocycles. The first kappa shape index (κ1) is 18.6.